The number of aliphatic hydroxyl groups excluding tert-OH is 1. The van der Waals surface area contributed by atoms with E-state index in [9.17, 15) is 9.90 Å². The molecule has 1 aliphatic rings. The van der Waals surface area contributed by atoms with E-state index in [-0.39, 0.29) is 23.8 Å². The van der Waals surface area contributed by atoms with Crippen molar-refractivity contribution in [1.29, 1.82) is 0 Å². The van der Waals surface area contributed by atoms with Crippen LogP contribution in [0.4, 0.5) is 0 Å². The zero-order chi connectivity index (χ0) is 13.9. The monoisotopic (exact) mass is 265 g/mol. The maximum absolute atomic E-state index is 12.3. The fourth-order valence-electron chi connectivity index (χ4n) is 2.26. The van der Waals surface area contributed by atoms with Crippen molar-refractivity contribution in [3.8, 4) is 0 Å². The van der Waals surface area contributed by atoms with Gasteiger partial charge in [-0.3, -0.25) is 4.79 Å². The van der Waals surface area contributed by atoms with Crippen LogP contribution < -0.4 is 5.32 Å². The highest BCUT2D eigenvalue weighted by molar-refractivity contribution is 5.85. The molecule has 1 aromatic heterocycles. The second kappa shape index (κ2) is 5.74. The van der Waals surface area contributed by atoms with Crippen molar-refractivity contribution in [2.24, 2.45) is 17.3 Å². The topological polar surface area (TPSA) is 67.2 Å². The Morgan fingerprint density at radius 2 is 2.26 bits per heavy atom. The first-order valence-electron chi connectivity index (χ1n) is 6.92. The molecule has 2 N–H and O–H groups in total. The minimum atomic E-state index is -0.252. The van der Waals surface area contributed by atoms with E-state index in [1.165, 1.54) is 0 Å². The summed E-state index contributed by atoms with van der Waals surface area (Å²) in [5, 5.41) is 12.3. The molecule has 0 aromatic carbocycles. The van der Waals surface area contributed by atoms with E-state index in [0.29, 0.717) is 19.0 Å². The molecule has 1 amide bonds. The summed E-state index contributed by atoms with van der Waals surface area (Å²) in [6.07, 6.45) is 7.23. The van der Waals surface area contributed by atoms with Crippen molar-refractivity contribution in [3.63, 3.8) is 0 Å². The predicted octanol–water partition coefficient (Wildman–Crippen LogP) is 1.04. The molecule has 5 heteroatoms. The van der Waals surface area contributed by atoms with Gasteiger partial charge in [-0.1, -0.05) is 13.8 Å². The Bertz CT molecular complexity index is 410. The number of aliphatic hydroxyl groups is 1. The van der Waals surface area contributed by atoms with Gasteiger partial charge in [0.1, 0.15) is 0 Å². The van der Waals surface area contributed by atoms with Crippen LogP contribution in [-0.2, 0) is 11.3 Å². The molecule has 0 radical (unpaired) electrons. The second-order valence-electron chi connectivity index (χ2n) is 5.91. The van der Waals surface area contributed by atoms with Crippen molar-refractivity contribution < 1.29 is 9.90 Å². The van der Waals surface area contributed by atoms with E-state index >= 15 is 0 Å². The molecule has 1 saturated carbocycles. The molecule has 1 aromatic rings. The first-order valence-corrected chi connectivity index (χ1v) is 6.92. The highest BCUT2D eigenvalue weighted by Crippen LogP contribution is 2.47. The van der Waals surface area contributed by atoms with Crippen LogP contribution in [0.1, 0.15) is 26.7 Å². The number of imidazole rings is 1. The lowest BCUT2D eigenvalue weighted by molar-refractivity contribution is -0.127. The third-order valence-corrected chi connectivity index (χ3v) is 4.08. The lowest BCUT2D eigenvalue weighted by atomic mass is 9.96. The van der Waals surface area contributed by atoms with E-state index in [2.05, 4.69) is 24.1 Å². The third-order valence-electron chi connectivity index (χ3n) is 4.08. The number of nitrogens with one attached hydrogen (secondary N) is 1. The fraction of sp³-hybridized carbons (Fsp3) is 0.714. The van der Waals surface area contributed by atoms with E-state index in [4.69, 9.17) is 0 Å². The summed E-state index contributed by atoms with van der Waals surface area (Å²) < 4.78 is 1.96. The molecule has 1 atom stereocenters. The van der Waals surface area contributed by atoms with Gasteiger partial charge < -0.3 is 15.0 Å². The average molecular weight is 265 g/mol. The van der Waals surface area contributed by atoms with Crippen LogP contribution in [0.15, 0.2) is 18.7 Å². The SMILES string of the molecule is CC(C)[C@@H](CO)CNC(=O)C1(Cn2ccnc2)CC1. The molecule has 1 aliphatic carbocycles. The average Bonchev–Trinajstić information content (AvgIpc) is 2.97. The molecule has 19 heavy (non-hydrogen) atoms. The van der Waals surface area contributed by atoms with E-state index in [0.717, 1.165) is 12.8 Å². The summed E-state index contributed by atoms with van der Waals surface area (Å²) in [4.78, 5) is 16.3. The fourth-order valence-corrected chi connectivity index (χ4v) is 2.26. The van der Waals surface area contributed by atoms with Gasteiger partial charge in [0.25, 0.3) is 0 Å². The lowest BCUT2D eigenvalue weighted by Gasteiger charge is -2.21. The van der Waals surface area contributed by atoms with E-state index in [1.807, 2.05) is 10.8 Å². The Balaban J connectivity index is 1.86. The highest BCUT2D eigenvalue weighted by atomic mass is 16.3. The minimum absolute atomic E-state index is 0.111. The Morgan fingerprint density at radius 3 is 2.74 bits per heavy atom. The van der Waals surface area contributed by atoms with Gasteiger partial charge in [0.05, 0.1) is 11.7 Å². The molecule has 0 spiro atoms. The smallest absolute Gasteiger partial charge is 0.228 e. The van der Waals surface area contributed by atoms with Crippen LogP contribution >= 0.6 is 0 Å². The maximum atomic E-state index is 12.3. The second-order valence-corrected chi connectivity index (χ2v) is 5.91. The highest BCUT2D eigenvalue weighted by Gasteiger charge is 2.49. The quantitative estimate of drug-likeness (QED) is 0.774. The van der Waals surface area contributed by atoms with Crippen LogP contribution in [0.25, 0.3) is 0 Å². The Labute approximate surface area is 114 Å². The minimum Gasteiger partial charge on any atom is -0.396 e. The van der Waals surface area contributed by atoms with Crippen LogP contribution in [0.2, 0.25) is 0 Å². The van der Waals surface area contributed by atoms with Crippen molar-refractivity contribution in [2.75, 3.05) is 13.2 Å². The maximum Gasteiger partial charge on any atom is 0.228 e. The summed E-state index contributed by atoms with van der Waals surface area (Å²) in [6.45, 7) is 5.49. The van der Waals surface area contributed by atoms with Crippen molar-refractivity contribution in [2.45, 2.75) is 33.2 Å². The van der Waals surface area contributed by atoms with Gasteiger partial charge in [0.2, 0.25) is 5.91 Å². The van der Waals surface area contributed by atoms with Crippen LogP contribution in [0.5, 0.6) is 0 Å². The number of carbonyl (C=O) groups excluding carboxylic acids is 1. The van der Waals surface area contributed by atoms with Gasteiger partial charge in [-0.2, -0.15) is 0 Å². The molecule has 0 unspecified atom stereocenters. The van der Waals surface area contributed by atoms with Crippen LogP contribution in [0, 0.1) is 17.3 Å². The number of nitrogens with zero attached hydrogens (tertiary/aromatic N) is 2. The number of aromatic nitrogens is 2. The summed E-state index contributed by atoms with van der Waals surface area (Å²) in [6, 6.07) is 0. The summed E-state index contributed by atoms with van der Waals surface area (Å²) in [7, 11) is 0. The lowest BCUT2D eigenvalue weighted by Crippen LogP contribution is -2.39. The molecular formula is C14H23N3O2. The van der Waals surface area contributed by atoms with Crippen molar-refractivity contribution >= 4 is 5.91 Å². The summed E-state index contributed by atoms with van der Waals surface area (Å²) >= 11 is 0. The van der Waals surface area contributed by atoms with Gasteiger partial charge in [-0.25, -0.2) is 4.98 Å². The molecule has 1 heterocycles. The molecular weight excluding hydrogens is 242 g/mol. The molecule has 1 fully saturated rings. The number of carbonyl (C=O) groups is 1. The first-order chi connectivity index (χ1) is 9.07. The van der Waals surface area contributed by atoms with Gasteiger partial charge in [-0.15, -0.1) is 0 Å². The third kappa shape index (κ3) is 3.35. The molecule has 106 valence electrons. The molecule has 2 rings (SSSR count). The van der Waals surface area contributed by atoms with Gasteiger partial charge >= 0.3 is 0 Å². The Kier molecular flexibility index (Phi) is 4.24. The first kappa shape index (κ1) is 14.1. The van der Waals surface area contributed by atoms with Crippen LogP contribution in [0.3, 0.4) is 0 Å². The van der Waals surface area contributed by atoms with Crippen molar-refractivity contribution in [1.82, 2.24) is 14.9 Å². The van der Waals surface area contributed by atoms with Crippen LogP contribution in [-0.4, -0.2) is 33.7 Å². The molecule has 0 saturated heterocycles. The van der Waals surface area contributed by atoms with E-state index < -0.39 is 0 Å². The summed E-state index contributed by atoms with van der Waals surface area (Å²) in [5.74, 6) is 0.613. The predicted molar refractivity (Wildman–Crippen MR) is 72.3 cm³/mol. The molecule has 5 nitrogen and oxygen atoms in total. The van der Waals surface area contributed by atoms with E-state index in [1.54, 1.807) is 12.5 Å². The number of amides is 1. The standard InChI is InChI=1S/C14H23N3O2/c1-11(2)12(8-18)7-16-13(19)14(3-4-14)9-17-6-5-15-10-17/h5-6,10-12,18H,3-4,7-9H2,1-2H3,(H,16,19)/t12-/m1/s1. The number of rotatable bonds is 7. The number of hydrogen-bond acceptors (Lipinski definition) is 3. The van der Waals surface area contributed by atoms with Crippen molar-refractivity contribution in [3.05, 3.63) is 18.7 Å². The zero-order valence-corrected chi connectivity index (χ0v) is 11.7. The normalized spacial score (nSPS) is 18.3. The Hall–Kier alpha value is -1.36. The molecule has 0 bridgehead atoms. The van der Waals surface area contributed by atoms with Gasteiger partial charge in [0.15, 0.2) is 0 Å². The van der Waals surface area contributed by atoms with Gasteiger partial charge in [-0.05, 0) is 18.8 Å². The number of hydrogen-bond donors (Lipinski definition) is 2. The zero-order valence-electron chi connectivity index (χ0n) is 11.7. The van der Waals surface area contributed by atoms with Gasteiger partial charge in [0, 0.05) is 38.0 Å². The molecule has 0 aliphatic heterocycles. The summed E-state index contributed by atoms with van der Waals surface area (Å²) in [5.41, 5.74) is -0.252. The largest absolute Gasteiger partial charge is 0.396 e. The Morgan fingerprint density at radius 1 is 1.53 bits per heavy atom.